The van der Waals surface area contributed by atoms with Crippen LogP contribution in [0.5, 0.6) is 0 Å². The zero-order chi connectivity index (χ0) is 21.0. The quantitative estimate of drug-likeness (QED) is 0.647. The van der Waals surface area contributed by atoms with Gasteiger partial charge in [-0.3, -0.25) is 4.99 Å². The van der Waals surface area contributed by atoms with Crippen LogP contribution in [0.1, 0.15) is 25.6 Å². The van der Waals surface area contributed by atoms with Crippen LogP contribution in [-0.4, -0.2) is 35.0 Å². The fourth-order valence-corrected chi connectivity index (χ4v) is 6.44. The lowest BCUT2D eigenvalue weighted by Gasteiger charge is -2.37. The number of nitrogens with two attached hydrogens (primary N) is 1. The molecule has 0 saturated heterocycles. The Labute approximate surface area is 177 Å². The van der Waals surface area contributed by atoms with E-state index in [1.165, 1.54) is 11.3 Å². The van der Waals surface area contributed by atoms with E-state index in [9.17, 15) is 8.42 Å². The predicted octanol–water partition coefficient (Wildman–Crippen LogP) is 3.90. The van der Waals surface area contributed by atoms with Crippen molar-refractivity contribution in [1.29, 1.82) is 0 Å². The molecular formula is C19H19ClN4O3S2. The zero-order valence-corrected chi connectivity index (χ0v) is 18.4. The van der Waals surface area contributed by atoms with Crippen molar-refractivity contribution in [1.82, 2.24) is 10.2 Å². The molecule has 7 nitrogen and oxygen atoms in total. The fraction of sp³-hybridized carbons (Fsp3) is 0.316. The van der Waals surface area contributed by atoms with E-state index in [0.29, 0.717) is 26.6 Å². The molecule has 3 aromatic rings. The maximum Gasteiger partial charge on any atom is 0.258 e. The summed E-state index contributed by atoms with van der Waals surface area (Å²) in [5, 5.41) is 8.58. The van der Waals surface area contributed by atoms with Crippen LogP contribution in [0.3, 0.4) is 0 Å². The van der Waals surface area contributed by atoms with Gasteiger partial charge in [0.05, 0.1) is 20.5 Å². The van der Waals surface area contributed by atoms with Crippen molar-refractivity contribution < 1.29 is 12.8 Å². The molecule has 1 aliphatic heterocycles. The topological polar surface area (TPSA) is 111 Å². The second-order valence-corrected chi connectivity index (χ2v) is 11.6. The van der Waals surface area contributed by atoms with Crippen molar-refractivity contribution in [3.05, 3.63) is 46.3 Å². The molecule has 3 heterocycles. The minimum atomic E-state index is -3.53. The Bertz CT molecular complexity index is 1220. The second-order valence-electron chi connectivity index (χ2n) is 7.61. The van der Waals surface area contributed by atoms with Gasteiger partial charge in [-0.15, -0.1) is 21.5 Å². The largest absolute Gasteiger partial charge is 0.415 e. The second kappa shape index (κ2) is 6.65. The molecule has 0 amide bonds. The van der Waals surface area contributed by atoms with Crippen molar-refractivity contribution in [2.75, 3.05) is 5.75 Å². The highest BCUT2D eigenvalue weighted by Gasteiger charge is 2.50. The first-order valence-corrected chi connectivity index (χ1v) is 11.7. The monoisotopic (exact) mass is 450 g/mol. The number of aliphatic imine (C=N–C) groups is 1. The van der Waals surface area contributed by atoms with E-state index in [1.807, 2.05) is 30.3 Å². The van der Waals surface area contributed by atoms with Crippen molar-refractivity contribution >= 4 is 38.6 Å². The third-order valence-corrected chi connectivity index (χ3v) is 9.56. The van der Waals surface area contributed by atoms with E-state index < -0.39 is 20.1 Å². The van der Waals surface area contributed by atoms with E-state index in [4.69, 9.17) is 21.8 Å². The predicted molar refractivity (Wildman–Crippen MR) is 115 cm³/mol. The number of hydrogen-bond acceptors (Lipinski definition) is 8. The first-order valence-electron chi connectivity index (χ1n) is 8.81. The SMILES string of the molecule is CC1(c2sc(-c3nnc(-c4ccccc4)o3)cc2Cl)CS(=O)(=O)C(C)(C)C(N)=N1. The number of halogens is 1. The molecule has 152 valence electrons. The summed E-state index contributed by atoms with van der Waals surface area (Å²) in [4.78, 5) is 5.76. The molecule has 0 radical (unpaired) electrons. The summed E-state index contributed by atoms with van der Waals surface area (Å²) in [6.07, 6.45) is 0. The molecule has 0 spiro atoms. The Hall–Kier alpha value is -2.23. The number of sulfone groups is 1. The van der Waals surface area contributed by atoms with Gasteiger partial charge in [-0.2, -0.15) is 0 Å². The summed E-state index contributed by atoms with van der Waals surface area (Å²) in [5.41, 5.74) is 5.75. The molecule has 0 saturated carbocycles. The summed E-state index contributed by atoms with van der Waals surface area (Å²) in [6.45, 7) is 4.84. The number of aromatic nitrogens is 2. The lowest BCUT2D eigenvalue weighted by molar-refractivity contribution is 0.507. The Morgan fingerprint density at radius 3 is 2.45 bits per heavy atom. The molecule has 1 aromatic carbocycles. The highest BCUT2D eigenvalue weighted by Crippen LogP contribution is 2.45. The average molecular weight is 451 g/mol. The fourth-order valence-electron chi connectivity index (χ4n) is 3.12. The van der Waals surface area contributed by atoms with Gasteiger partial charge in [0.15, 0.2) is 9.84 Å². The van der Waals surface area contributed by atoms with E-state index >= 15 is 0 Å². The van der Waals surface area contributed by atoms with Crippen LogP contribution in [0.4, 0.5) is 0 Å². The van der Waals surface area contributed by atoms with Crippen LogP contribution in [0.15, 0.2) is 45.8 Å². The van der Waals surface area contributed by atoms with Crippen LogP contribution >= 0.6 is 22.9 Å². The van der Waals surface area contributed by atoms with Gasteiger partial charge >= 0.3 is 0 Å². The molecule has 29 heavy (non-hydrogen) atoms. The van der Waals surface area contributed by atoms with Crippen molar-refractivity contribution in [3.8, 4) is 22.2 Å². The summed E-state index contributed by atoms with van der Waals surface area (Å²) in [6, 6.07) is 11.1. The maximum atomic E-state index is 12.8. The smallest absolute Gasteiger partial charge is 0.258 e. The summed E-state index contributed by atoms with van der Waals surface area (Å²) in [5.74, 6) is 0.581. The molecular weight excluding hydrogens is 432 g/mol. The summed E-state index contributed by atoms with van der Waals surface area (Å²) >= 11 is 7.74. The Balaban J connectivity index is 1.75. The number of rotatable bonds is 3. The summed E-state index contributed by atoms with van der Waals surface area (Å²) < 4.78 is 30.2. The molecule has 0 fully saturated rings. The van der Waals surface area contributed by atoms with Gasteiger partial charge in [0.25, 0.3) is 5.89 Å². The van der Waals surface area contributed by atoms with Crippen molar-refractivity contribution in [2.45, 2.75) is 31.1 Å². The number of benzene rings is 1. The number of hydrogen-bond donors (Lipinski definition) is 1. The van der Waals surface area contributed by atoms with Gasteiger partial charge in [0, 0.05) is 5.56 Å². The van der Waals surface area contributed by atoms with Crippen LogP contribution in [0.25, 0.3) is 22.2 Å². The normalized spacial score (nSPS) is 23.0. The number of thiophene rings is 1. The van der Waals surface area contributed by atoms with Gasteiger partial charge in [0.2, 0.25) is 5.89 Å². The van der Waals surface area contributed by atoms with Gasteiger partial charge < -0.3 is 10.2 Å². The average Bonchev–Trinajstić information content (AvgIpc) is 3.28. The lowest BCUT2D eigenvalue weighted by atomic mass is 10.0. The third-order valence-electron chi connectivity index (χ3n) is 5.07. The van der Waals surface area contributed by atoms with Gasteiger partial charge in [0.1, 0.15) is 16.1 Å². The lowest BCUT2D eigenvalue weighted by Crippen LogP contribution is -2.54. The standard InChI is InChI=1S/C19H19ClN4O3S2/c1-18(2)17(21)22-19(3,10-29(18,25)26)14-12(20)9-13(28-14)16-24-23-15(27-16)11-7-5-4-6-8-11/h4-9H,10H2,1-3H3,(H2,21,22). The van der Waals surface area contributed by atoms with E-state index in [1.54, 1.807) is 26.8 Å². The molecule has 1 unspecified atom stereocenters. The van der Waals surface area contributed by atoms with Crippen molar-refractivity contribution in [3.63, 3.8) is 0 Å². The number of nitrogens with zero attached hydrogens (tertiary/aromatic N) is 3. The van der Waals surface area contributed by atoms with E-state index in [-0.39, 0.29) is 11.6 Å². The maximum absolute atomic E-state index is 12.8. The molecule has 10 heteroatoms. The zero-order valence-electron chi connectivity index (χ0n) is 16.0. The van der Waals surface area contributed by atoms with Gasteiger partial charge in [-0.05, 0) is 39.0 Å². The molecule has 2 N–H and O–H groups in total. The van der Waals surface area contributed by atoms with Crippen LogP contribution in [-0.2, 0) is 15.4 Å². The minimum Gasteiger partial charge on any atom is -0.415 e. The minimum absolute atomic E-state index is 0.0708. The van der Waals surface area contributed by atoms with Crippen LogP contribution in [0.2, 0.25) is 5.02 Å². The van der Waals surface area contributed by atoms with Gasteiger partial charge in [-0.1, -0.05) is 29.8 Å². The van der Waals surface area contributed by atoms with E-state index in [0.717, 1.165) is 5.56 Å². The van der Waals surface area contributed by atoms with Crippen molar-refractivity contribution in [2.24, 2.45) is 10.7 Å². The Morgan fingerprint density at radius 2 is 1.79 bits per heavy atom. The first kappa shape index (κ1) is 20.1. The van der Waals surface area contributed by atoms with Gasteiger partial charge in [-0.25, -0.2) is 8.42 Å². The van der Waals surface area contributed by atoms with E-state index in [2.05, 4.69) is 15.2 Å². The molecule has 2 aromatic heterocycles. The highest BCUT2D eigenvalue weighted by atomic mass is 35.5. The third kappa shape index (κ3) is 3.27. The molecule has 0 bridgehead atoms. The molecule has 1 aliphatic rings. The molecule has 1 atom stereocenters. The Morgan fingerprint density at radius 1 is 1.14 bits per heavy atom. The molecule has 4 rings (SSSR count). The summed E-state index contributed by atoms with van der Waals surface area (Å²) in [7, 11) is -3.53. The number of amidine groups is 1. The Kier molecular flexibility index (Phi) is 4.60. The first-order chi connectivity index (χ1) is 13.5. The highest BCUT2D eigenvalue weighted by molar-refractivity contribution is 7.93. The van der Waals surface area contributed by atoms with Crippen LogP contribution in [0, 0.1) is 0 Å². The van der Waals surface area contributed by atoms with Crippen LogP contribution < -0.4 is 5.73 Å². The molecule has 0 aliphatic carbocycles.